The van der Waals surface area contributed by atoms with E-state index in [9.17, 15) is 9.59 Å². The molecule has 4 rings (SSSR count). The van der Waals surface area contributed by atoms with Crippen LogP contribution in [0.15, 0.2) is 71.5 Å². The number of aromatic nitrogens is 2. The van der Waals surface area contributed by atoms with Gasteiger partial charge in [0, 0.05) is 17.1 Å². The molecule has 1 heterocycles. The van der Waals surface area contributed by atoms with Crippen molar-refractivity contribution in [1.29, 1.82) is 0 Å². The number of hydrogen-bond donors (Lipinski definition) is 0. The molecule has 0 saturated carbocycles. The number of nitrogens with zero attached hydrogens (tertiary/aromatic N) is 3. The summed E-state index contributed by atoms with van der Waals surface area (Å²) in [6.07, 6.45) is 3.79. The summed E-state index contributed by atoms with van der Waals surface area (Å²) in [5, 5.41) is 0.956. The van der Waals surface area contributed by atoms with Gasteiger partial charge in [-0.15, -0.1) is 0 Å². The quantitative estimate of drug-likeness (QED) is 0.207. The van der Waals surface area contributed by atoms with Crippen LogP contribution < -0.4 is 10.3 Å². The van der Waals surface area contributed by atoms with Crippen molar-refractivity contribution in [2.45, 2.75) is 52.5 Å². The summed E-state index contributed by atoms with van der Waals surface area (Å²) in [6, 6.07) is 19.6. The maximum Gasteiger partial charge on any atom is 0.266 e. The van der Waals surface area contributed by atoms with Gasteiger partial charge in [0.25, 0.3) is 11.5 Å². The predicted molar refractivity (Wildman–Crippen MR) is 154 cm³/mol. The van der Waals surface area contributed by atoms with Crippen LogP contribution in [-0.4, -0.2) is 34.0 Å². The zero-order valence-electron chi connectivity index (χ0n) is 22.4. The summed E-state index contributed by atoms with van der Waals surface area (Å²) in [7, 11) is 1.60. The highest BCUT2D eigenvalue weighted by molar-refractivity contribution is 6.31. The largest absolute Gasteiger partial charge is 0.497 e. The average molecular weight is 532 g/mol. The van der Waals surface area contributed by atoms with Crippen molar-refractivity contribution in [2.24, 2.45) is 0 Å². The van der Waals surface area contributed by atoms with Gasteiger partial charge in [0.2, 0.25) is 0 Å². The SMILES string of the molecule is CCCCCN(C(=O)c1ccc(CC)cc1)C(C)c1nc2cc(Cl)ccc2c(=O)n1-c1ccc(OC)cc1. The van der Waals surface area contributed by atoms with Crippen LogP contribution in [0.25, 0.3) is 16.6 Å². The van der Waals surface area contributed by atoms with Gasteiger partial charge in [-0.1, -0.05) is 50.4 Å². The van der Waals surface area contributed by atoms with E-state index in [0.717, 1.165) is 25.7 Å². The Hall–Kier alpha value is -3.64. The number of carbonyl (C=O) groups excluding carboxylic acids is 1. The molecule has 0 fully saturated rings. The monoisotopic (exact) mass is 531 g/mol. The average Bonchev–Trinajstić information content (AvgIpc) is 2.94. The Bertz CT molecular complexity index is 1460. The fraction of sp³-hybridized carbons (Fsp3) is 0.323. The lowest BCUT2D eigenvalue weighted by molar-refractivity contribution is 0.0677. The molecular formula is C31H34ClN3O3. The highest BCUT2D eigenvalue weighted by Crippen LogP contribution is 2.27. The van der Waals surface area contributed by atoms with E-state index in [1.54, 1.807) is 29.9 Å². The van der Waals surface area contributed by atoms with E-state index in [4.69, 9.17) is 21.3 Å². The van der Waals surface area contributed by atoms with Gasteiger partial charge in [0.1, 0.15) is 11.6 Å². The third kappa shape index (κ3) is 5.76. The number of halogens is 1. The van der Waals surface area contributed by atoms with Crippen molar-refractivity contribution < 1.29 is 9.53 Å². The molecule has 0 aliphatic carbocycles. The number of aryl methyl sites for hydroxylation is 1. The maximum atomic E-state index is 13.9. The standard InChI is InChI=1S/C31H34ClN3O3/c1-5-7-8-19-34(30(36)23-11-9-22(6-2)10-12-23)21(3)29-33-28-20-24(32)13-18-27(28)31(37)35(29)25-14-16-26(38-4)17-15-25/h9-18,20-21H,5-8,19H2,1-4H3. The molecule has 0 spiro atoms. The molecule has 6 nitrogen and oxygen atoms in total. The van der Waals surface area contributed by atoms with Gasteiger partial charge in [0.15, 0.2) is 0 Å². The number of ether oxygens (including phenoxy) is 1. The number of methoxy groups -OCH3 is 1. The summed E-state index contributed by atoms with van der Waals surface area (Å²) in [4.78, 5) is 34.5. The van der Waals surface area contributed by atoms with Crippen molar-refractivity contribution in [3.8, 4) is 11.4 Å². The van der Waals surface area contributed by atoms with Crippen LogP contribution in [0.2, 0.25) is 5.02 Å². The Labute approximate surface area is 228 Å². The van der Waals surface area contributed by atoms with Gasteiger partial charge in [-0.25, -0.2) is 4.98 Å². The second-order valence-electron chi connectivity index (χ2n) is 9.40. The van der Waals surface area contributed by atoms with E-state index in [0.29, 0.717) is 45.3 Å². The van der Waals surface area contributed by atoms with Crippen molar-refractivity contribution in [3.63, 3.8) is 0 Å². The van der Waals surface area contributed by atoms with Crippen LogP contribution >= 0.6 is 11.6 Å². The molecule has 1 unspecified atom stereocenters. The molecule has 0 aliphatic rings. The molecule has 1 aromatic heterocycles. The Morgan fingerprint density at radius 1 is 1.03 bits per heavy atom. The molecule has 0 bridgehead atoms. The minimum Gasteiger partial charge on any atom is -0.497 e. The Kier molecular flexibility index (Phi) is 8.85. The van der Waals surface area contributed by atoms with Crippen LogP contribution in [-0.2, 0) is 6.42 Å². The molecule has 1 amide bonds. The van der Waals surface area contributed by atoms with Gasteiger partial charge in [-0.2, -0.15) is 0 Å². The van der Waals surface area contributed by atoms with Crippen LogP contribution in [0.5, 0.6) is 5.75 Å². The van der Waals surface area contributed by atoms with Crippen molar-refractivity contribution in [1.82, 2.24) is 14.5 Å². The topological polar surface area (TPSA) is 64.4 Å². The van der Waals surface area contributed by atoms with Gasteiger partial charge in [0.05, 0.1) is 29.7 Å². The summed E-state index contributed by atoms with van der Waals surface area (Å²) in [6.45, 7) is 6.71. The fourth-order valence-corrected chi connectivity index (χ4v) is 4.79. The second kappa shape index (κ2) is 12.3. The third-order valence-corrected chi connectivity index (χ3v) is 7.14. The highest BCUT2D eigenvalue weighted by Gasteiger charge is 2.27. The summed E-state index contributed by atoms with van der Waals surface area (Å²) >= 11 is 6.27. The predicted octanol–water partition coefficient (Wildman–Crippen LogP) is 7.00. The molecule has 0 N–H and O–H groups in total. The van der Waals surface area contributed by atoms with Crippen molar-refractivity contribution >= 4 is 28.4 Å². The lowest BCUT2D eigenvalue weighted by Crippen LogP contribution is -2.38. The molecule has 1 atom stereocenters. The number of carbonyl (C=O) groups is 1. The van der Waals surface area contributed by atoms with Crippen LogP contribution in [0.4, 0.5) is 0 Å². The van der Waals surface area contributed by atoms with E-state index in [2.05, 4.69) is 13.8 Å². The molecule has 0 aliphatic heterocycles. The van der Waals surface area contributed by atoms with Gasteiger partial charge < -0.3 is 9.64 Å². The van der Waals surface area contributed by atoms with Gasteiger partial charge >= 0.3 is 0 Å². The lowest BCUT2D eigenvalue weighted by Gasteiger charge is -2.31. The number of fused-ring (bicyclic) bond motifs is 1. The number of benzene rings is 3. The number of amides is 1. The number of hydrogen-bond acceptors (Lipinski definition) is 4. The Balaban J connectivity index is 1.87. The summed E-state index contributed by atoms with van der Waals surface area (Å²) in [5.41, 5.74) is 2.73. The van der Waals surface area contributed by atoms with Crippen LogP contribution in [0.3, 0.4) is 0 Å². The summed E-state index contributed by atoms with van der Waals surface area (Å²) in [5.74, 6) is 1.08. The molecule has 0 radical (unpaired) electrons. The van der Waals surface area contributed by atoms with Gasteiger partial charge in [-0.3, -0.25) is 14.2 Å². The van der Waals surface area contributed by atoms with E-state index >= 15 is 0 Å². The first kappa shape index (κ1) is 27.4. The second-order valence-corrected chi connectivity index (χ2v) is 9.84. The molecule has 7 heteroatoms. The smallest absolute Gasteiger partial charge is 0.266 e. The van der Waals surface area contributed by atoms with E-state index in [-0.39, 0.29) is 11.5 Å². The molecular weight excluding hydrogens is 498 g/mol. The molecule has 38 heavy (non-hydrogen) atoms. The van der Waals surface area contributed by atoms with Crippen molar-refractivity contribution in [2.75, 3.05) is 13.7 Å². The molecule has 0 saturated heterocycles. The van der Waals surface area contributed by atoms with E-state index < -0.39 is 6.04 Å². The highest BCUT2D eigenvalue weighted by atomic mass is 35.5. The minimum absolute atomic E-state index is 0.0852. The first-order chi connectivity index (χ1) is 18.4. The minimum atomic E-state index is -0.483. The number of rotatable bonds is 10. The number of unbranched alkanes of at least 4 members (excludes halogenated alkanes) is 2. The van der Waals surface area contributed by atoms with Crippen LogP contribution in [0.1, 0.15) is 67.8 Å². The Morgan fingerprint density at radius 3 is 2.37 bits per heavy atom. The molecule has 3 aromatic carbocycles. The summed E-state index contributed by atoms with van der Waals surface area (Å²) < 4.78 is 6.91. The zero-order chi connectivity index (χ0) is 27.2. The van der Waals surface area contributed by atoms with E-state index in [1.165, 1.54) is 5.56 Å². The fourth-order valence-electron chi connectivity index (χ4n) is 4.63. The van der Waals surface area contributed by atoms with Crippen molar-refractivity contribution in [3.05, 3.63) is 99.1 Å². The molecule has 4 aromatic rings. The Morgan fingerprint density at radius 2 is 1.74 bits per heavy atom. The van der Waals surface area contributed by atoms with Gasteiger partial charge in [-0.05, 0) is 79.9 Å². The first-order valence-electron chi connectivity index (χ1n) is 13.1. The third-order valence-electron chi connectivity index (χ3n) is 6.90. The van der Waals surface area contributed by atoms with Crippen LogP contribution in [0, 0.1) is 0 Å². The maximum absolute atomic E-state index is 13.9. The normalized spacial score (nSPS) is 11.9. The first-order valence-corrected chi connectivity index (χ1v) is 13.5. The zero-order valence-corrected chi connectivity index (χ0v) is 23.2. The lowest BCUT2D eigenvalue weighted by atomic mass is 10.1. The van der Waals surface area contributed by atoms with E-state index in [1.807, 2.05) is 60.4 Å². The molecule has 198 valence electrons.